The van der Waals surface area contributed by atoms with E-state index in [2.05, 4.69) is 26.3 Å². The van der Waals surface area contributed by atoms with Crippen molar-refractivity contribution in [1.29, 1.82) is 5.26 Å². The van der Waals surface area contributed by atoms with Gasteiger partial charge in [0.05, 0.1) is 12.3 Å². The number of halogens is 1. The summed E-state index contributed by atoms with van der Waals surface area (Å²) in [4.78, 5) is 25.4. The van der Waals surface area contributed by atoms with Gasteiger partial charge in [-0.1, -0.05) is 12.1 Å². The van der Waals surface area contributed by atoms with Crippen LogP contribution in [0.2, 0.25) is 0 Å². The molecule has 1 fully saturated rings. The molecule has 0 spiro atoms. The second-order valence-electron chi connectivity index (χ2n) is 7.43. The Kier molecular flexibility index (Phi) is 6.38. The number of hydrogen-bond donors (Lipinski definition) is 1. The summed E-state index contributed by atoms with van der Waals surface area (Å²) in [5.41, 5.74) is 1.92. The van der Waals surface area contributed by atoms with Crippen molar-refractivity contribution in [3.63, 3.8) is 0 Å². The lowest BCUT2D eigenvalue weighted by Gasteiger charge is -2.34. The first-order valence-corrected chi connectivity index (χ1v) is 10.3. The average Bonchev–Trinajstić information content (AvgIpc) is 3.17. The van der Waals surface area contributed by atoms with Gasteiger partial charge in [-0.15, -0.1) is 0 Å². The first kappa shape index (κ1) is 20.8. The smallest absolute Gasteiger partial charge is 0.224 e. The monoisotopic (exact) mass is 421 g/mol. The highest BCUT2D eigenvalue weighted by molar-refractivity contribution is 5.79. The van der Waals surface area contributed by atoms with E-state index in [1.165, 1.54) is 12.1 Å². The molecular weight excluding hydrogens is 397 g/mol. The molecule has 1 aliphatic rings. The van der Waals surface area contributed by atoms with Crippen LogP contribution in [-0.2, 0) is 4.79 Å². The van der Waals surface area contributed by atoms with Gasteiger partial charge in [0, 0.05) is 70.1 Å². The SMILES string of the molecule is N#CCCN1CCN(C(=O)CCNc2c(-c3cccc(F)c3)nc3cnccn23)CC1. The molecule has 0 unspecified atom stereocenters. The minimum atomic E-state index is -0.331. The van der Waals surface area contributed by atoms with Crippen LogP contribution in [0.5, 0.6) is 0 Å². The molecule has 1 aromatic carbocycles. The minimum absolute atomic E-state index is 0.0928. The van der Waals surface area contributed by atoms with E-state index < -0.39 is 0 Å². The van der Waals surface area contributed by atoms with Crippen molar-refractivity contribution in [3.05, 3.63) is 48.7 Å². The second kappa shape index (κ2) is 9.53. The summed E-state index contributed by atoms with van der Waals surface area (Å²) < 4.78 is 15.6. The van der Waals surface area contributed by atoms with Crippen molar-refractivity contribution in [2.24, 2.45) is 0 Å². The minimum Gasteiger partial charge on any atom is -0.369 e. The van der Waals surface area contributed by atoms with Crippen LogP contribution in [-0.4, -0.2) is 69.3 Å². The topological polar surface area (TPSA) is 89.6 Å². The zero-order chi connectivity index (χ0) is 21.6. The molecule has 2 aromatic heterocycles. The molecule has 0 aliphatic carbocycles. The average molecular weight is 421 g/mol. The molecule has 0 saturated carbocycles. The molecule has 0 atom stereocenters. The summed E-state index contributed by atoms with van der Waals surface area (Å²) >= 11 is 0. The molecule has 4 rings (SSSR count). The first-order valence-electron chi connectivity index (χ1n) is 10.3. The number of nitriles is 1. The van der Waals surface area contributed by atoms with E-state index in [1.807, 2.05) is 9.30 Å². The number of carbonyl (C=O) groups excluding carboxylic acids is 1. The number of aromatic nitrogens is 3. The lowest BCUT2D eigenvalue weighted by molar-refractivity contribution is -0.132. The van der Waals surface area contributed by atoms with Gasteiger partial charge in [-0.25, -0.2) is 9.37 Å². The van der Waals surface area contributed by atoms with E-state index in [0.717, 1.165) is 19.6 Å². The quantitative estimate of drug-likeness (QED) is 0.630. The number of carbonyl (C=O) groups is 1. The fourth-order valence-corrected chi connectivity index (χ4v) is 3.79. The zero-order valence-electron chi connectivity index (χ0n) is 17.2. The van der Waals surface area contributed by atoms with Gasteiger partial charge in [-0.3, -0.25) is 19.1 Å². The molecule has 0 radical (unpaired) electrons. The Hall–Kier alpha value is -3.51. The Labute approximate surface area is 179 Å². The largest absolute Gasteiger partial charge is 0.369 e. The third-order valence-electron chi connectivity index (χ3n) is 5.42. The number of nitrogens with one attached hydrogen (secondary N) is 1. The second-order valence-corrected chi connectivity index (χ2v) is 7.43. The summed E-state index contributed by atoms with van der Waals surface area (Å²) in [6.07, 6.45) is 5.95. The Balaban J connectivity index is 1.41. The van der Waals surface area contributed by atoms with E-state index in [0.29, 0.717) is 55.2 Å². The molecule has 9 heteroatoms. The fourth-order valence-electron chi connectivity index (χ4n) is 3.79. The molecule has 8 nitrogen and oxygen atoms in total. The number of nitrogens with zero attached hydrogens (tertiary/aromatic N) is 6. The molecule has 1 saturated heterocycles. The number of amides is 1. The summed E-state index contributed by atoms with van der Waals surface area (Å²) in [6.45, 7) is 4.15. The summed E-state index contributed by atoms with van der Waals surface area (Å²) in [7, 11) is 0. The first-order chi connectivity index (χ1) is 15.2. The van der Waals surface area contributed by atoms with E-state index >= 15 is 0 Å². The van der Waals surface area contributed by atoms with Gasteiger partial charge >= 0.3 is 0 Å². The summed E-state index contributed by atoms with van der Waals surface area (Å²) in [5, 5.41) is 12.0. The van der Waals surface area contributed by atoms with Crippen LogP contribution in [0, 0.1) is 17.1 Å². The standard InChI is InChI=1S/C22H24FN7O/c23-18-4-1-3-17(15-18)21-22(30-10-8-25-16-19(30)27-21)26-7-5-20(31)29-13-11-28(12-14-29)9-2-6-24/h1,3-4,8,10,15-16,26H,2,5,7,9,11-14H2. The van der Waals surface area contributed by atoms with Crippen LogP contribution >= 0.6 is 0 Å². The number of imidazole rings is 1. The van der Waals surface area contributed by atoms with Crippen LogP contribution < -0.4 is 5.32 Å². The highest BCUT2D eigenvalue weighted by Crippen LogP contribution is 2.28. The molecule has 31 heavy (non-hydrogen) atoms. The highest BCUT2D eigenvalue weighted by Gasteiger charge is 2.21. The maximum atomic E-state index is 13.8. The van der Waals surface area contributed by atoms with Gasteiger partial charge in [0.15, 0.2) is 5.65 Å². The van der Waals surface area contributed by atoms with E-state index in [-0.39, 0.29) is 11.7 Å². The van der Waals surface area contributed by atoms with Crippen molar-refractivity contribution in [2.75, 3.05) is 44.6 Å². The molecule has 3 aromatic rings. The molecule has 3 heterocycles. The number of fused-ring (bicyclic) bond motifs is 1. The maximum absolute atomic E-state index is 13.8. The number of benzene rings is 1. The predicted molar refractivity (Wildman–Crippen MR) is 115 cm³/mol. The van der Waals surface area contributed by atoms with Gasteiger partial charge < -0.3 is 10.2 Å². The van der Waals surface area contributed by atoms with Gasteiger partial charge in [0.1, 0.15) is 17.3 Å². The van der Waals surface area contributed by atoms with Crippen molar-refractivity contribution in [1.82, 2.24) is 24.2 Å². The molecule has 1 amide bonds. The van der Waals surface area contributed by atoms with E-state index in [9.17, 15) is 9.18 Å². The van der Waals surface area contributed by atoms with E-state index in [4.69, 9.17) is 5.26 Å². The Bertz CT molecular complexity index is 1100. The lowest BCUT2D eigenvalue weighted by Crippen LogP contribution is -2.49. The number of hydrogen-bond acceptors (Lipinski definition) is 6. The molecule has 1 N–H and O–H groups in total. The Morgan fingerprint density at radius 2 is 2.10 bits per heavy atom. The van der Waals surface area contributed by atoms with Crippen molar-refractivity contribution in [3.8, 4) is 17.3 Å². The third kappa shape index (κ3) is 4.81. The highest BCUT2D eigenvalue weighted by atomic mass is 19.1. The van der Waals surface area contributed by atoms with Gasteiger partial charge in [0.2, 0.25) is 5.91 Å². The molecule has 1 aliphatic heterocycles. The predicted octanol–water partition coefficient (Wildman–Crippen LogP) is 2.40. The van der Waals surface area contributed by atoms with Crippen molar-refractivity contribution < 1.29 is 9.18 Å². The molecule has 0 bridgehead atoms. The summed E-state index contributed by atoms with van der Waals surface area (Å²) in [5.74, 6) is 0.468. The van der Waals surface area contributed by atoms with Crippen LogP contribution in [0.15, 0.2) is 42.9 Å². The maximum Gasteiger partial charge on any atom is 0.224 e. The summed E-state index contributed by atoms with van der Waals surface area (Å²) in [6, 6.07) is 8.45. The van der Waals surface area contributed by atoms with Crippen molar-refractivity contribution >= 4 is 17.4 Å². The van der Waals surface area contributed by atoms with Crippen LogP contribution in [0.25, 0.3) is 16.9 Å². The van der Waals surface area contributed by atoms with Crippen LogP contribution in [0.1, 0.15) is 12.8 Å². The van der Waals surface area contributed by atoms with E-state index in [1.54, 1.807) is 30.7 Å². The van der Waals surface area contributed by atoms with Gasteiger partial charge in [-0.2, -0.15) is 5.26 Å². The molecule has 160 valence electrons. The van der Waals surface area contributed by atoms with Crippen LogP contribution in [0.3, 0.4) is 0 Å². The number of anilines is 1. The lowest BCUT2D eigenvalue weighted by atomic mass is 10.1. The number of piperazine rings is 1. The number of rotatable bonds is 7. The zero-order valence-corrected chi connectivity index (χ0v) is 17.2. The fraction of sp³-hybridized carbons (Fsp3) is 0.364. The van der Waals surface area contributed by atoms with Gasteiger partial charge in [-0.05, 0) is 12.1 Å². The molecular formula is C22H24FN7O. The third-order valence-corrected chi connectivity index (χ3v) is 5.42. The van der Waals surface area contributed by atoms with Crippen LogP contribution in [0.4, 0.5) is 10.2 Å². The Morgan fingerprint density at radius 3 is 2.87 bits per heavy atom. The normalized spacial score (nSPS) is 14.5. The van der Waals surface area contributed by atoms with Crippen molar-refractivity contribution in [2.45, 2.75) is 12.8 Å². The Morgan fingerprint density at radius 1 is 1.26 bits per heavy atom. The van der Waals surface area contributed by atoms with Gasteiger partial charge in [0.25, 0.3) is 0 Å².